The third kappa shape index (κ3) is 5.43. The van der Waals surface area contributed by atoms with Gasteiger partial charge in [0.05, 0.1) is 7.11 Å². The fourth-order valence-corrected chi connectivity index (χ4v) is 2.73. The van der Waals surface area contributed by atoms with Gasteiger partial charge in [-0.25, -0.2) is 4.79 Å². The van der Waals surface area contributed by atoms with Crippen LogP contribution in [0.5, 0.6) is 5.75 Å². The first-order valence-electron chi connectivity index (χ1n) is 8.22. The van der Waals surface area contributed by atoms with Crippen molar-refractivity contribution in [3.05, 3.63) is 29.8 Å². The van der Waals surface area contributed by atoms with Crippen LogP contribution in [0.15, 0.2) is 24.3 Å². The van der Waals surface area contributed by atoms with Crippen molar-refractivity contribution in [2.45, 2.75) is 51.8 Å². The normalized spacial score (nSPS) is 18.3. The lowest BCUT2D eigenvalue weighted by molar-refractivity contribution is 0.0114. The second-order valence-corrected chi connectivity index (χ2v) is 6.96. The number of benzene rings is 1. The fourth-order valence-electron chi connectivity index (χ4n) is 2.73. The van der Waals surface area contributed by atoms with Crippen LogP contribution in [0.1, 0.15) is 39.2 Å². The Bertz CT molecular complexity index is 519. The first-order chi connectivity index (χ1) is 10.9. The summed E-state index contributed by atoms with van der Waals surface area (Å²) in [6.45, 7) is 8.04. The number of nitrogens with one attached hydrogen (secondary N) is 1. The molecular weight excluding hydrogens is 292 g/mol. The SMILES string of the molecule is COc1cccc(CN(C(=O)OC(C)(C)C)[C@@H]2CCCNC2)c1. The molecule has 2 rings (SSSR count). The van der Waals surface area contributed by atoms with E-state index >= 15 is 0 Å². The average Bonchev–Trinajstić information content (AvgIpc) is 2.52. The predicted octanol–water partition coefficient (Wildman–Crippen LogP) is 3.18. The highest BCUT2D eigenvalue weighted by Gasteiger charge is 2.29. The van der Waals surface area contributed by atoms with Gasteiger partial charge >= 0.3 is 6.09 Å². The molecule has 0 aromatic heterocycles. The lowest BCUT2D eigenvalue weighted by Crippen LogP contribution is -2.49. The van der Waals surface area contributed by atoms with Crippen molar-refractivity contribution in [1.82, 2.24) is 10.2 Å². The van der Waals surface area contributed by atoms with E-state index in [-0.39, 0.29) is 12.1 Å². The zero-order chi connectivity index (χ0) is 16.9. The molecule has 1 amide bonds. The van der Waals surface area contributed by atoms with Crippen LogP contribution in [-0.2, 0) is 11.3 Å². The Labute approximate surface area is 139 Å². The van der Waals surface area contributed by atoms with Gasteiger partial charge < -0.3 is 14.8 Å². The summed E-state index contributed by atoms with van der Waals surface area (Å²) in [5, 5.41) is 3.37. The lowest BCUT2D eigenvalue weighted by Gasteiger charge is -2.36. The molecule has 5 nitrogen and oxygen atoms in total. The number of carbonyl (C=O) groups excluding carboxylic acids is 1. The third-order valence-electron chi connectivity index (χ3n) is 3.83. The Morgan fingerprint density at radius 3 is 2.78 bits per heavy atom. The summed E-state index contributed by atoms with van der Waals surface area (Å²) < 4.78 is 10.9. The molecule has 1 fully saturated rings. The first kappa shape index (κ1) is 17.6. The topological polar surface area (TPSA) is 50.8 Å². The van der Waals surface area contributed by atoms with Crippen molar-refractivity contribution >= 4 is 6.09 Å². The molecule has 5 heteroatoms. The van der Waals surface area contributed by atoms with Gasteiger partial charge in [-0.1, -0.05) is 12.1 Å². The number of amides is 1. The quantitative estimate of drug-likeness (QED) is 0.926. The number of rotatable bonds is 4. The highest BCUT2D eigenvalue weighted by Crippen LogP contribution is 2.21. The Morgan fingerprint density at radius 2 is 2.17 bits per heavy atom. The molecule has 23 heavy (non-hydrogen) atoms. The molecule has 128 valence electrons. The molecule has 1 aromatic carbocycles. The zero-order valence-electron chi connectivity index (χ0n) is 14.6. The van der Waals surface area contributed by atoms with E-state index in [4.69, 9.17) is 9.47 Å². The number of carbonyl (C=O) groups is 1. The number of nitrogens with zero attached hydrogens (tertiary/aromatic N) is 1. The van der Waals surface area contributed by atoms with Crippen molar-refractivity contribution in [1.29, 1.82) is 0 Å². The van der Waals surface area contributed by atoms with Crippen LogP contribution in [0.3, 0.4) is 0 Å². The van der Waals surface area contributed by atoms with Crippen LogP contribution < -0.4 is 10.1 Å². The highest BCUT2D eigenvalue weighted by atomic mass is 16.6. The Balaban J connectivity index is 2.16. The molecule has 0 spiro atoms. The van der Waals surface area contributed by atoms with Gasteiger partial charge in [0.15, 0.2) is 0 Å². The molecule has 0 saturated carbocycles. The van der Waals surface area contributed by atoms with E-state index in [1.165, 1.54) is 0 Å². The molecule has 1 heterocycles. The maximum absolute atomic E-state index is 12.7. The smallest absolute Gasteiger partial charge is 0.410 e. The molecular formula is C18H28N2O3. The minimum atomic E-state index is -0.494. The maximum atomic E-state index is 12.7. The van der Waals surface area contributed by atoms with Crippen LogP contribution in [0.25, 0.3) is 0 Å². The van der Waals surface area contributed by atoms with Crippen molar-refractivity contribution in [2.24, 2.45) is 0 Å². The molecule has 1 aliphatic heterocycles. The molecule has 1 aromatic rings. The lowest BCUT2D eigenvalue weighted by atomic mass is 10.1. The van der Waals surface area contributed by atoms with Gasteiger partial charge in [-0.05, 0) is 57.9 Å². The van der Waals surface area contributed by atoms with Crippen molar-refractivity contribution in [3.63, 3.8) is 0 Å². The minimum Gasteiger partial charge on any atom is -0.497 e. The van der Waals surface area contributed by atoms with Gasteiger partial charge in [-0.15, -0.1) is 0 Å². The Kier molecular flexibility index (Phi) is 5.88. The van der Waals surface area contributed by atoms with E-state index in [9.17, 15) is 4.79 Å². The summed E-state index contributed by atoms with van der Waals surface area (Å²) in [4.78, 5) is 14.5. The summed E-state index contributed by atoms with van der Waals surface area (Å²) in [7, 11) is 1.65. The van der Waals surface area contributed by atoms with Crippen LogP contribution in [0.4, 0.5) is 4.79 Å². The summed E-state index contributed by atoms with van der Waals surface area (Å²) in [6.07, 6.45) is 1.81. The molecule has 0 radical (unpaired) electrons. The molecule has 1 N–H and O–H groups in total. The fraction of sp³-hybridized carbons (Fsp3) is 0.611. The van der Waals surface area contributed by atoms with Gasteiger partial charge in [-0.3, -0.25) is 4.90 Å². The molecule has 1 saturated heterocycles. The largest absolute Gasteiger partial charge is 0.497 e. The molecule has 0 unspecified atom stereocenters. The molecule has 0 bridgehead atoms. The van der Waals surface area contributed by atoms with Crippen LogP contribution in [-0.4, -0.2) is 42.8 Å². The van der Waals surface area contributed by atoms with Crippen molar-refractivity contribution < 1.29 is 14.3 Å². The van der Waals surface area contributed by atoms with Crippen LogP contribution in [0.2, 0.25) is 0 Å². The molecule has 1 aliphatic rings. The van der Waals surface area contributed by atoms with Gasteiger partial charge in [0, 0.05) is 19.1 Å². The maximum Gasteiger partial charge on any atom is 0.410 e. The minimum absolute atomic E-state index is 0.157. The van der Waals surface area contributed by atoms with Crippen molar-refractivity contribution in [2.75, 3.05) is 20.2 Å². The van der Waals surface area contributed by atoms with E-state index in [2.05, 4.69) is 5.32 Å². The second-order valence-electron chi connectivity index (χ2n) is 6.96. The number of piperidine rings is 1. The number of methoxy groups -OCH3 is 1. The monoisotopic (exact) mass is 320 g/mol. The average molecular weight is 320 g/mol. The standard InChI is InChI=1S/C18H28N2O3/c1-18(2,3)23-17(21)20(15-8-6-10-19-12-15)13-14-7-5-9-16(11-14)22-4/h5,7,9,11,15,19H,6,8,10,12-13H2,1-4H3/t15-/m1/s1. The van der Waals surface area contributed by atoms with E-state index < -0.39 is 5.60 Å². The van der Waals surface area contributed by atoms with Gasteiger partial charge in [-0.2, -0.15) is 0 Å². The number of hydrogen-bond donors (Lipinski definition) is 1. The number of hydrogen-bond acceptors (Lipinski definition) is 4. The highest BCUT2D eigenvalue weighted by molar-refractivity contribution is 5.68. The van der Waals surface area contributed by atoms with Gasteiger partial charge in [0.25, 0.3) is 0 Å². The summed E-state index contributed by atoms with van der Waals surface area (Å²) in [6, 6.07) is 7.98. The van der Waals surface area contributed by atoms with E-state index in [0.717, 1.165) is 37.2 Å². The molecule has 1 atom stereocenters. The van der Waals surface area contributed by atoms with Gasteiger partial charge in [0.2, 0.25) is 0 Å². The second kappa shape index (κ2) is 7.68. The molecule has 0 aliphatic carbocycles. The summed E-state index contributed by atoms with van der Waals surface area (Å²) in [5.74, 6) is 0.799. The summed E-state index contributed by atoms with van der Waals surface area (Å²) in [5.41, 5.74) is 0.548. The zero-order valence-corrected chi connectivity index (χ0v) is 14.6. The van der Waals surface area contributed by atoms with E-state index in [1.54, 1.807) is 7.11 Å². The van der Waals surface area contributed by atoms with Crippen LogP contribution >= 0.6 is 0 Å². The Morgan fingerprint density at radius 1 is 1.39 bits per heavy atom. The van der Waals surface area contributed by atoms with E-state index in [1.807, 2.05) is 49.9 Å². The Hall–Kier alpha value is -1.75. The predicted molar refractivity (Wildman–Crippen MR) is 90.7 cm³/mol. The first-order valence-corrected chi connectivity index (χ1v) is 8.22. The summed E-state index contributed by atoms with van der Waals surface area (Å²) >= 11 is 0. The number of ether oxygens (including phenoxy) is 2. The van der Waals surface area contributed by atoms with Gasteiger partial charge in [0.1, 0.15) is 11.4 Å². The van der Waals surface area contributed by atoms with Crippen LogP contribution in [0, 0.1) is 0 Å². The van der Waals surface area contributed by atoms with Crippen molar-refractivity contribution in [3.8, 4) is 5.75 Å². The third-order valence-corrected chi connectivity index (χ3v) is 3.83. The van der Waals surface area contributed by atoms with E-state index in [0.29, 0.717) is 6.54 Å².